The van der Waals surface area contributed by atoms with Crippen molar-refractivity contribution < 1.29 is 33.9 Å². The molecule has 3 amide bonds. The molecule has 0 aliphatic carbocycles. The molecule has 21 heteroatoms. The molecule has 0 radical (unpaired) electrons. The third-order valence-corrected chi connectivity index (χ3v) is 17.7. The fourth-order valence-electron chi connectivity index (χ4n) is 10.7. The zero-order valence-corrected chi connectivity index (χ0v) is 45.2. The van der Waals surface area contributed by atoms with Gasteiger partial charge >= 0.3 is 0 Å². The van der Waals surface area contributed by atoms with Crippen molar-refractivity contribution in [3.63, 3.8) is 0 Å². The van der Waals surface area contributed by atoms with E-state index in [9.17, 15) is 24.6 Å². The third-order valence-electron chi connectivity index (χ3n) is 15.2. The number of aliphatic hydroxyl groups is 2. The molecule has 4 aromatic heterocycles. The smallest absolute Gasteiger partial charge is 0.243 e. The van der Waals surface area contributed by atoms with E-state index in [1.54, 1.807) is 36.7 Å². The number of ether oxygens (including phenoxy) is 1. The Labute approximate surface area is 445 Å². The van der Waals surface area contributed by atoms with Crippen molar-refractivity contribution in [3.05, 3.63) is 81.7 Å². The summed E-state index contributed by atoms with van der Waals surface area (Å²) in [7, 11) is 0. The maximum Gasteiger partial charge on any atom is 0.243 e. The molecule has 8 heterocycles. The summed E-state index contributed by atoms with van der Waals surface area (Å²) in [6, 6.07) is 8.69. The fourth-order valence-corrected chi connectivity index (χ4v) is 12.6. The highest BCUT2D eigenvalue weighted by molar-refractivity contribution is 7.99. The predicted molar refractivity (Wildman–Crippen MR) is 284 cm³/mol. The van der Waals surface area contributed by atoms with E-state index in [0.717, 1.165) is 52.5 Å². The average Bonchev–Trinajstić information content (AvgIpc) is 4.15. The number of pyridine rings is 1. The molecule has 4 fully saturated rings. The molecule has 5 N–H and O–H groups in total. The number of rotatable bonds is 16. The fraction of sp³-hybridized carbons (Fsp3) is 0.547. The summed E-state index contributed by atoms with van der Waals surface area (Å²) < 4.78 is 12.3. The quantitative estimate of drug-likeness (QED) is 0.0800. The van der Waals surface area contributed by atoms with Gasteiger partial charge in [-0.05, 0) is 75.1 Å². The van der Waals surface area contributed by atoms with Crippen LogP contribution in [0.4, 0.5) is 11.6 Å². The Bertz CT molecular complexity index is 2790. The number of nitrogens with one attached hydrogen (secondary N) is 1. The SMILES string of the molecule is Cc1cc([C@@H](C(=O)N2C[C@H](O)C[C@H]2C(=O)NCc2ccc(-c3scnc3C)cc2OC2CCN(C(=O)C3CCN(c4nccc(Sc5cnc(N6CCC(C)(CN)CC6)c(CO)n5)c4Cl)CC3)CC2)C(C)C)on1. The molecule has 4 aliphatic rings. The molecule has 0 saturated carbocycles. The summed E-state index contributed by atoms with van der Waals surface area (Å²) in [6.07, 6.45) is 7.11. The lowest BCUT2D eigenvalue weighted by Gasteiger charge is -2.39. The molecule has 3 atom stereocenters. The van der Waals surface area contributed by atoms with Gasteiger partial charge in [0.05, 0.1) is 45.7 Å². The van der Waals surface area contributed by atoms with E-state index in [1.165, 1.54) is 16.7 Å². The van der Waals surface area contributed by atoms with Crippen LogP contribution in [-0.4, -0.2) is 133 Å². The number of aryl methyl sites for hydroxylation is 2. The van der Waals surface area contributed by atoms with Crippen LogP contribution in [0, 0.1) is 31.1 Å². The first-order chi connectivity index (χ1) is 35.6. The minimum Gasteiger partial charge on any atom is -0.490 e. The molecular weight excluding hydrogens is 1000 g/mol. The van der Waals surface area contributed by atoms with Crippen LogP contribution in [0.5, 0.6) is 5.75 Å². The number of hydrogen-bond acceptors (Lipinski definition) is 17. The molecule has 1 aromatic carbocycles. The number of benzene rings is 1. The van der Waals surface area contributed by atoms with Crippen LogP contribution < -0.4 is 25.6 Å². The van der Waals surface area contributed by atoms with Crippen molar-refractivity contribution in [2.24, 2.45) is 23.0 Å². The normalized spacial score (nSPS) is 20.1. The molecule has 9 rings (SSSR count). The van der Waals surface area contributed by atoms with Crippen molar-refractivity contribution >= 4 is 64.1 Å². The van der Waals surface area contributed by atoms with Gasteiger partial charge in [-0.25, -0.2) is 19.9 Å². The second kappa shape index (κ2) is 23.2. The van der Waals surface area contributed by atoms with Crippen LogP contribution in [0.2, 0.25) is 5.02 Å². The topological polar surface area (TPSA) is 229 Å². The Hall–Kier alpha value is -5.38. The number of amides is 3. The zero-order chi connectivity index (χ0) is 52.3. The molecule has 0 bridgehead atoms. The molecule has 4 saturated heterocycles. The summed E-state index contributed by atoms with van der Waals surface area (Å²) >= 11 is 9.98. The van der Waals surface area contributed by atoms with Crippen molar-refractivity contribution in [2.45, 2.75) is 127 Å². The number of likely N-dealkylation sites (tertiary alicyclic amines) is 2. The maximum atomic E-state index is 14.0. The zero-order valence-electron chi connectivity index (χ0n) is 42.8. The standard InChI is InChI=1S/C53H68ClN11O7S2/c1-31(2)45(42-22-32(3)61-72-42)52(70)65-27-37(67)24-40(65)50(68)58-25-36-7-6-35(47-33(4)59-30-73-47)23-41(36)71-38-11-18-64(19-12-38)51(69)34-9-16-62(17-10-34)49-46(54)43(8-15-56-49)74-44-26-57-48(39(28-66)60-44)63-20-13-53(5,29-55)14-21-63/h6-8,15,22-23,26,30-31,34,37-38,40,45,66-67H,9-14,16-21,24-25,27-29,55H2,1-5H3,(H,58,68)/t37-,40+,45+/m1/s1. The summed E-state index contributed by atoms with van der Waals surface area (Å²) in [5.74, 6) is 1.03. The Balaban J connectivity index is 0.794. The first-order valence-corrected chi connectivity index (χ1v) is 27.9. The minimum absolute atomic E-state index is 0.0443. The Kier molecular flexibility index (Phi) is 16.8. The Morgan fingerprint density at radius 1 is 1.00 bits per heavy atom. The lowest BCUT2D eigenvalue weighted by molar-refractivity contribution is -0.141. The molecule has 0 spiro atoms. The van der Waals surface area contributed by atoms with E-state index >= 15 is 0 Å². The lowest BCUT2D eigenvalue weighted by atomic mass is 9.80. The number of β-amino-alcohol motifs (C(OH)–C–C–N with tert-alkyl or cyclic N) is 1. The van der Waals surface area contributed by atoms with E-state index < -0.39 is 18.1 Å². The molecular formula is C53H68ClN11O7S2. The van der Waals surface area contributed by atoms with Crippen LogP contribution in [0.25, 0.3) is 10.4 Å². The third kappa shape index (κ3) is 11.8. The number of halogens is 1. The van der Waals surface area contributed by atoms with E-state index in [2.05, 4.69) is 37.2 Å². The van der Waals surface area contributed by atoms with E-state index in [1.807, 2.05) is 55.4 Å². The number of anilines is 2. The lowest BCUT2D eigenvalue weighted by Crippen LogP contribution is -2.48. The van der Waals surface area contributed by atoms with Crippen molar-refractivity contribution in [3.8, 4) is 16.2 Å². The summed E-state index contributed by atoms with van der Waals surface area (Å²) in [5.41, 5.74) is 11.8. The second-order valence-corrected chi connectivity index (χ2v) is 23.2. The van der Waals surface area contributed by atoms with Crippen LogP contribution in [0.3, 0.4) is 0 Å². The summed E-state index contributed by atoms with van der Waals surface area (Å²) in [6.45, 7) is 14.4. The highest BCUT2D eigenvalue weighted by atomic mass is 35.5. The van der Waals surface area contributed by atoms with Gasteiger partial charge in [0, 0.05) is 100 Å². The van der Waals surface area contributed by atoms with Gasteiger partial charge < -0.3 is 50.1 Å². The number of nitrogens with two attached hydrogens (primary N) is 1. The molecule has 4 aliphatic heterocycles. The Morgan fingerprint density at radius 3 is 2.41 bits per heavy atom. The van der Waals surface area contributed by atoms with Crippen LogP contribution in [-0.2, 0) is 27.5 Å². The number of carbonyl (C=O) groups is 3. The molecule has 396 valence electrons. The first-order valence-electron chi connectivity index (χ1n) is 25.8. The number of nitrogens with zero attached hydrogens (tertiary/aromatic N) is 9. The number of piperidine rings is 3. The van der Waals surface area contributed by atoms with Gasteiger partial charge in [-0.2, -0.15) is 0 Å². The maximum absolute atomic E-state index is 14.0. The Morgan fingerprint density at radius 2 is 1.74 bits per heavy atom. The highest BCUT2D eigenvalue weighted by Gasteiger charge is 2.43. The van der Waals surface area contributed by atoms with E-state index in [0.29, 0.717) is 103 Å². The van der Waals surface area contributed by atoms with Crippen molar-refractivity contribution in [1.82, 2.24) is 40.2 Å². The second-order valence-electron chi connectivity index (χ2n) is 20.9. The number of aliphatic hydroxyl groups excluding tert-OH is 2. The van der Waals surface area contributed by atoms with Gasteiger partial charge in [-0.15, -0.1) is 11.3 Å². The average molecular weight is 1070 g/mol. The van der Waals surface area contributed by atoms with Crippen molar-refractivity contribution in [2.75, 3.05) is 62.2 Å². The summed E-state index contributed by atoms with van der Waals surface area (Å²) in [5, 5.41) is 29.2. The van der Waals surface area contributed by atoms with Gasteiger partial charge in [-0.3, -0.25) is 14.4 Å². The summed E-state index contributed by atoms with van der Waals surface area (Å²) in [4.78, 5) is 70.2. The van der Waals surface area contributed by atoms with Gasteiger partial charge in [0.15, 0.2) is 5.82 Å². The van der Waals surface area contributed by atoms with E-state index in [-0.39, 0.29) is 67.2 Å². The highest BCUT2D eigenvalue weighted by Crippen LogP contribution is 2.40. The predicted octanol–water partition coefficient (Wildman–Crippen LogP) is 6.77. The molecule has 0 unspecified atom stereocenters. The largest absolute Gasteiger partial charge is 0.490 e. The van der Waals surface area contributed by atoms with Crippen molar-refractivity contribution in [1.29, 1.82) is 0 Å². The molecule has 18 nitrogen and oxygen atoms in total. The number of aromatic nitrogens is 5. The number of hydrogen-bond donors (Lipinski definition) is 4. The van der Waals surface area contributed by atoms with Gasteiger partial charge in [0.2, 0.25) is 17.7 Å². The van der Waals surface area contributed by atoms with Gasteiger partial charge in [0.25, 0.3) is 0 Å². The molecule has 74 heavy (non-hydrogen) atoms. The molecule has 5 aromatic rings. The van der Waals surface area contributed by atoms with Gasteiger partial charge in [0.1, 0.15) is 46.1 Å². The van der Waals surface area contributed by atoms with Crippen LogP contribution in [0.1, 0.15) is 100 Å². The number of thiazole rings is 1. The van der Waals surface area contributed by atoms with E-state index in [4.69, 9.17) is 36.6 Å². The minimum atomic E-state index is -0.864. The van der Waals surface area contributed by atoms with Crippen LogP contribution >= 0.6 is 34.7 Å². The van der Waals surface area contributed by atoms with Crippen LogP contribution in [0.15, 0.2) is 62.7 Å². The van der Waals surface area contributed by atoms with Gasteiger partial charge in [-0.1, -0.05) is 61.4 Å². The monoisotopic (exact) mass is 1070 g/mol. The number of carbonyl (C=O) groups excluding carboxylic acids is 3. The first kappa shape index (κ1) is 53.4.